The Morgan fingerprint density at radius 1 is 1.00 bits per heavy atom. The van der Waals surface area contributed by atoms with E-state index in [-0.39, 0.29) is 12.4 Å². The third-order valence-electron chi connectivity index (χ3n) is 3.47. The van der Waals surface area contributed by atoms with Crippen LogP contribution in [0.5, 0.6) is 5.75 Å². The van der Waals surface area contributed by atoms with Gasteiger partial charge in [0.2, 0.25) is 0 Å². The number of para-hydroxylation sites is 1. The van der Waals surface area contributed by atoms with Crippen molar-refractivity contribution in [3.05, 3.63) is 94.8 Å². The monoisotopic (exact) mass is 354 g/mol. The van der Waals surface area contributed by atoms with Crippen molar-refractivity contribution in [3.63, 3.8) is 0 Å². The van der Waals surface area contributed by atoms with Crippen molar-refractivity contribution < 1.29 is 9.13 Å². The van der Waals surface area contributed by atoms with Crippen LogP contribution in [0.2, 0.25) is 5.02 Å². The van der Waals surface area contributed by atoms with Crippen molar-refractivity contribution in [1.29, 1.82) is 0 Å². The molecule has 0 spiro atoms. The smallest absolute Gasteiger partial charge is 0.131 e. The van der Waals surface area contributed by atoms with Crippen molar-refractivity contribution in [1.82, 2.24) is 0 Å². The number of nitrogens with one attached hydrogen (secondary N) is 1. The van der Waals surface area contributed by atoms with Crippen LogP contribution in [-0.4, -0.2) is 6.21 Å². The van der Waals surface area contributed by atoms with Crippen LogP contribution in [0.1, 0.15) is 11.1 Å². The molecule has 0 aromatic heterocycles. The molecule has 0 atom stereocenters. The summed E-state index contributed by atoms with van der Waals surface area (Å²) in [4.78, 5) is 0. The van der Waals surface area contributed by atoms with Gasteiger partial charge in [0.15, 0.2) is 0 Å². The Balaban J connectivity index is 1.55. The molecule has 3 aromatic rings. The van der Waals surface area contributed by atoms with E-state index >= 15 is 0 Å². The number of hydrogen-bond donors (Lipinski definition) is 1. The molecule has 0 aliphatic heterocycles. The van der Waals surface area contributed by atoms with E-state index in [1.54, 1.807) is 18.3 Å². The van der Waals surface area contributed by atoms with Gasteiger partial charge in [-0.05, 0) is 54.1 Å². The van der Waals surface area contributed by atoms with Gasteiger partial charge in [-0.3, -0.25) is 5.43 Å². The Kier molecular flexibility index (Phi) is 5.65. The predicted octanol–water partition coefficient (Wildman–Crippen LogP) is 5.50. The topological polar surface area (TPSA) is 33.6 Å². The van der Waals surface area contributed by atoms with Crippen LogP contribution >= 0.6 is 11.6 Å². The maximum Gasteiger partial charge on any atom is 0.131 e. The van der Waals surface area contributed by atoms with Crippen molar-refractivity contribution in [2.45, 2.75) is 6.61 Å². The lowest BCUT2D eigenvalue weighted by Gasteiger charge is -2.07. The summed E-state index contributed by atoms with van der Waals surface area (Å²) >= 11 is 5.73. The summed E-state index contributed by atoms with van der Waals surface area (Å²) in [6.07, 6.45) is 1.72. The zero-order chi connectivity index (χ0) is 17.5. The minimum absolute atomic E-state index is 0.145. The van der Waals surface area contributed by atoms with Gasteiger partial charge in [-0.15, -0.1) is 0 Å². The van der Waals surface area contributed by atoms with E-state index in [9.17, 15) is 4.39 Å². The van der Waals surface area contributed by atoms with Crippen LogP contribution in [-0.2, 0) is 6.61 Å². The second kappa shape index (κ2) is 8.31. The van der Waals surface area contributed by atoms with Gasteiger partial charge in [-0.25, -0.2) is 4.39 Å². The molecule has 3 nitrogen and oxygen atoms in total. The number of rotatable bonds is 6. The molecule has 0 radical (unpaired) electrons. The third kappa shape index (κ3) is 5.06. The van der Waals surface area contributed by atoms with Gasteiger partial charge >= 0.3 is 0 Å². The molecule has 126 valence electrons. The largest absolute Gasteiger partial charge is 0.489 e. The number of nitrogens with zero attached hydrogens (tertiary/aromatic N) is 1. The van der Waals surface area contributed by atoms with Gasteiger partial charge in [0.05, 0.1) is 11.9 Å². The molecule has 0 saturated carbocycles. The molecule has 0 aliphatic carbocycles. The molecule has 0 aliphatic rings. The number of hydrogen-bond acceptors (Lipinski definition) is 3. The summed E-state index contributed by atoms with van der Waals surface area (Å²) in [6, 6.07) is 21.6. The summed E-state index contributed by atoms with van der Waals surface area (Å²) in [5.41, 5.74) is 5.26. The van der Waals surface area contributed by atoms with E-state index in [4.69, 9.17) is 16.3 Å². The fraction of sp³-hybridized carbons (Fsp3) is 0.0500. The van der Waals surface area contributed by atoms with Crippen molar-refractivity contribution in [2.24, 2.45) is 5.10 Å². The van der Waals surface area contributed by atoms with Crippen molar-refractivity contribution in [2.75, 3.05) is 5.43 Å². The lowest BCUT2D eigenvalue weighted by Crippen LogP contribution is -1.98. The fourth-order valence-electron chi connectivity index (χ4n) is 2.14. The summed E-state index contributed by atoms with van der Waals surface area (Å²) < 4.78 is 19.3. The summed E-state index contributed by atoms with van der Waals surface area (Å²) in [6.45, 7) is 0.145. The van der Waals surface area contributed by atoms with E-state index in [1.165, 1.54) is 6.07 Å². The maximum absolute atomic E-state index is 13.7. The summed E-state index contributed by atoms with van der Waals surface area (Å²) in [7, 11) is 0. The molecule has 0 saturated heterocycles. The highest BCUT2D eigenvalue weighted by Gasteiger charge is 2.04. The zero-order valence-electron chi connectivity index (χ0n) is 13.3. The third-order valence-corrected chi connectivity index (χ3v) is 3.71. The van der Waals surface area contributed by atoms with Crippen LogP contribution in [0, 0.1) is 5.82 Å². The molecule has 5 heteroatoms. The highest BCUT2D eigenvalue weighted by Crippen LogP contribution is 2.18. The van der Waals surface area contributed by atoms with Crippen LogP contribution in [0.4, 0.5) is 10.1 Å². The van der Waals surface area contributed by atoms with Crippen LogP contribution in [0.15, 0.2) is 77.9 Å². The second-order valence-electron chi connectivity index (χ2n) is 5.33. The molecule has 0 unspecified atom stereocenters. The standard InChI is InChI=1S/C20H16ClFN2O/c21-17-9-8-16(20(22)12-17)14-25-19-10-6-15(7-11-19)13-23-24-18-4-2-1-3-5-18/h1-13,24H,14H2. The Labute approximate surface area is 150 Å². The SMILES string of the molecule is Fc1cc(Cl)ccc1COc1ccc(C=NNc2ccccc2)cc1. The first-order valence-corrected chi connectivity index (χ1v) is 8.09. The van der Waals surface area contributed by atoms with E-state index in [0.717, 1.165) is 11.3 Å². The van der Waals surface area contributed by atoms with Gasteiger partial charge in [0.25, 0.3) is 0 Å². The molecule has 25 heavy (non-hydrogen) atoms. The minimum Gasteiger partial charge on any atom is -0.489 e. The van der Waals surface area contributed by atoms with E-state index < -0.39 is 0 Å². The quantitative estimate of drug-likeness (QED) is 0.468. The number of anilines is 1. The van der Waals surface area contributed by atoms with Gasteiger partial charge in [0.1, 0.15) is 18.2 Å². The fourth-order valence-corrected chi connectivity index (χ4v) is 2.30. The predicted molar refractivity (Wildman–Crippen MR) is 99.8 cm³/mol. The molecule has 0 heterocycles. The highest BCUT2D eigenvalue weighted by molar-refractivity contribution is 6.30. The maximum atomic E-state index is 13.7. The first-order valence-electron chi connectivity index (χ1n) is 7.71. The van der Waals surface area contributed by atoms with Crippen molar-refractivity contribution in [3.8, 4) is 5.75 Å². The average molecular weight is 355 g/mol. The number of ether oxygens (including phenoxy) is 1. The van der Waals surface area contributed by atoms with Crippen LogP contribution in [0.3, 0.4) is 0 Å². The van der Waals surface area contributed by atoms with Crippen molar-refractivity contribution >= 4 is 23.5 Å². The normalized spacial score (nSPS) is 10.8. The first kappa shape index (κ1) is 17.0. The van der Waals surface area contributed by atoms with Crippen LogP contribution < -0.4 is 10.2 Å². The Bertz CT molecular complexity index is 851. The molecule has 0 bridgehead atoms. The highest BCUT2D eigenvalue weighted by atomic mass is 35.5. The molecular weight excluding hydrogens is 339 g/mol. The lowest BCUT2D eigenvalue weighted by atomic mass is 10.2. The van der Waals surface area contributed by atoms with Gasteiger partial charge < -0.3 is 4.74 Å². The molecule has 0 amide bonds. The molecule has 3 aromatic carbocycles. The Hall–Kier alpha value is -2.85. The number of halogens is 2. The van der Waals surface area contributed by atoms with Gasteiger partial charge in [0, 0.05) is 10.6 Å². The molecular formula is C20H16ClFN2O. The molecule has 1 N–H and O–H groups in total. The van der Waals surface area contributed by atoms with Gasteiger partial charge in [-0.2, -0.15) is 5.10 Å². The van der Waals surface area contributed by atoms with E-state index in [2.05, 4.69) is 10.5 Å². The molecule has 3 rings (SSSR count). The number of benzene rings is 3. The zero-order valence-corrected chi connectivity index (χ0v) is 14.1. The number of hydrazone groups is 1. The van der Waals surface area contributed by atoms with Crippen LogP contribution in [0.25, 0.3) is 0 Å². The summed E-state index contributed by atoms with van der Waals surface area (Å²) in [5, 5.41) is 4.55. The lowest BCUT2D eigenvalue weighted by molar-refractivity contribution is 0.300. The average Bonchev–Trinajstić information content (AvgIpc) is 2.63. The van der Waals surface area contributed by atoms with E-state index in [0.29, 0.717) is 16.3 Å². The van der Waals surface area contributed by atoms with Gasteiger partial charge in [-0.1, -0.05) is 35.9 Å². The molecule has 0 fully saturated rings. The summed E-state index contributed by atoms with van der Waals surface area (Å²) in [5.74, 6) is 0.283. The Morgan fingerprint density at radius 2 is 1.76 bits per heavy atom. The van der Waals surface area contributed by atoms with E-state index in [1.807, 2.05) is 54.6 Å². The second-order valence-corrected chi connectivity index (χ2v) is 5.77. The Morgan fingerprint density at radius 3 is 2.48 bits per heavy atom. The first-order chi connectivity index (χ1) is 12.2. The minimum atomic E-state index is -0.372.